The molecule has 8 heteroatoms. The van der Waals surface area contributed by atoms with Crippen LogP contribution >= 0.6 is 22.9 Å². The lowest BCUT2D eigenvalue weighted by molar-refractivity contribution is 0.0510. The number of ether oxygens (including phenoxy) is 1. The van der Waals surface area contributed by atoms with Crippen molar-refractivity contribution in [2.75, 3.05) is 44.2 Å². The molecule has 3 heterocycles. The van der Waals surface area contributed by atoms with Gasteiger partial charge >= 0.3 is 5.97 Å². The number of nitrogens with zero attached hydrogens (tertiary/aromatic N) is 4. The van der Waals surface area contributed by atoms with Crippen molar-refractivity contribution in [3.63, 3.8) is 0 Å². The molecule has 1 aliphatic heterocycles. The highest BCUT2D eigenvalue weighted by atomic mass is 35.5. The molecule has 0 spiro atoms. The van der Waals surface area contributed by atoms with E-state index in [0.717, 1.165) is 60.7 Å². The number of anilines is 1. The van der Waals surface area contributed by atoms with E-state index < -0.39 is 0 Å². The summed E-state index contributed by atoms with van der Waals surface area (Å²) in [5, 5.41) is 1.14. The molecule has 1 saturated heterocycles. The fourth-order valence-electron chi connectivity index (χ4n) is 3.05. The zero-order chi connectivity index (χ0) is 18.0. The topological polar surface area (TPSA) is 58.6 Å². The average Bonchev–Trinajstić information content (AvgIpc) is 2.95. The maximum Gasteiger partial charge on any atom is 0.348 e. The predicted octanol–water partition coefficient (Wildman–Crippen LogP) is 3.36. The molecule has 0 unspecified atom stereocenters. The summed E-state index contributed by atoms with van der Waals surface area (Å²) in [7, 11) is 0. The minimum Gasteiger partial charge on any atom is -0.462 e. The van der Waals surface area contributed by atoms with E-state index in [1.807, 2.05) is 13.8 Å². The van der Waals surface area contributed by atoms with E-state index in [-0.39, 0.29) is 11.3 Å². The van der Waals surface area contributed by atoms with Crippen LogP contribution in [0.25, 0.3) is 10.2 Å². The molecule has 3 rings (SSSR count). The molecule has 0 bridgehead atoms. The number of aromatic nitrogens is 2. The van der Waals surface area contributed by atoms with E-state index in [0.29, 0.717) is 11.5 Å². The first-order valence-electron chi connectivity index (χ1n) is 8.66. The highest BCUT2D eigenvalue weighted by Crippen LogP contribution is 2.36. The van der Waals surface area contributed by atoms with E-state index in [1.165, 1.54) is 11.3 Å². The van der Waals surface area contributed by atoms with Crippen molar-refractivity contribution in [2.45, 2.75) is 27.2 Å². The van der Waals surface area contributed by atoms with Crippen LogP contribution in [0.3, 0.4) is 0 Å². The van der Waals surface area contributed by atoms with Gasteiger partial charge in [-0.1, -0.05) is 13.8 Å². The molecule has 0 radical (unpaired) electrons. The molecule has 0 amide bonds. The second-order valence-electron chi connectivity index (χ2n) is 6.11. The molecule has 1 aliphatic rings. The van der Waals surface area contributed by atoms with E-state index in [1.54, 1.807) is 0 Å². The zero-order valence-corrected chi connectivity index (χ0v) is 16.4. The van der Waals surface area contributed by atoms with Gasteiger partial charge in [-0.3, -0.25) is 0 Å². The number of esters is 1. The summed E-state index contributed by atoms with van der Waals surface area (Å²) >= 11 is 7.49. The second-order valence-corrected chi connectivity index (χ2v) is 7.45. The third-order valence-corrected chi connectivity index (χ3v) is 5.82. The Kier molecular flexibility index (Phi) is 5.76. The van der Waals surface area contributed by atoms with Crippen LogP contribution in [-0.2, 0) is 4.74 Å². The van der Waals surface area contributed by atoms with Gasteiger partial charge < -0.3 is 14.5 Å². The molecule has 2 aromatic heterocycles. The summed E-state index contributed by atoms with van der Waals surface area (Å²) < 4.78 is 5.30. The monoisotopic (exact) mass is 382 g/mol. The second kappa shape index (κ2) is 7.85. The van der Waals surface area contributed by atoms with Gasteiger partial charge in [0.2, 0.25) is 5.28 Å². The van der Waals surface area contributed by atoms with Gasteiger partial charge in [-0.15, -0.1) is 11.3 Å². The van der Waals surface area contributed by atoms with Crippen LogP contribution in [0.1, 0.15) is 35.5 Å². The molecule has 0 atom stereocenters. The lowest BCUT2D eigenvalue weighted by Gasteiger charge is -2.35. The summed E-state index contributed by atoms with van der Waals surface area (Å²) in [4.78, 5) is 27.1. The molecule has 0 aliphatic carbocycles. The summed E-state index contributed by atoms with van der Waals surface area (Å²) in [5.74, 6) is 0.536. The van der Waals surface area contributed by atoms with Crippen molar-refractivity contribution in [3.05, 3.63) is 15.7 Å². The fourth-order valence-corrected chi connectivity index (χ4v) is 4.34. The van der Waals surface area contributed by atoms with E-state index in [9.17, 15) is 4.79 Å². The van der Waals surface area contributed by atoms with Gasteiger partial charge in [0.1, 0.15) is 15.5 Å². The third kappa shape index (κ3) is 3.73. The van der Waals surface area contributed by atoms with Crippen LogP contribution < -0.4 is 4.90 Å². The Labute approximate surface area is 156 Å². The molecule has 25 heavy (non-hydrogen) atoms. The van der Waals surface area contributed by atoms with Crippen LogP contribution in [0.4, 0.5) is 5.82 Å². The standard InChI is InChI=1S/C17H23ClN4O2S/c1-4-10-24-16(23)13-11(3)12-14(19-17(18)20-15(12)25-13)22-8-6-21(5-2)7-9-22/h4-10H2,1-3H3. The zero-order valence-electron chi connectivity index (χ0n) is 14.8. The highest BCUT2D eigenvalue weighted by molar-refractivity contribution is 7.20. The molecule has 0 aromatic carbocycles. The Bertz CT molecular complexity index is 772. The predicted molar refractivity (Wildman–Crippen MR) is 102 cm³/mol. The molecule has 0 saturated carbocycles. The van der Waals surface area contributed by atoms with Crippen LogP contribution in [0.15, 0.2) is 0 Å². The SMILES string of the molecule is CCCOC(=O)c1sc2nc(Cl)nc(N3CCN(CC)CC3)c2c1C. The van der Waals surface area contributed by atoms with Crippen molar-refractivity contribution in [1.82, 2.24) is 14.9 Å². The Morgan fingerprint density at radius 1 is 1.24 bits per heavy atom. The molecular weight excluding hydrogens is 360 g/mol. The Morgan fingerprint density at radius 2 is 1.96 bits per heavy atom. The number of halogens is 1. The van der Waals surface area contributed by atoms with Crippen LogP contribution in [0, 0.1) is 6.92 Å². The summed E-state index contributed by atoms with van der Waals surface area (Å²) in [6.45, 7) is 11.3. The number of carbonyl (C=O) groups excluding carboxylic acids is 1. The Hall–Kier alpha value is -1.44. The van der Waals surface area contributed by atoms with Crippen molar-refractivity contribution < 1.29 is 9.53 Å². The Balaban J connectivity index is 1.98. The van der Waals surface area contributed by atoms with Gasteiger partial charge in [0.05, 0.1) is 12.0 Å². The smallest absolute Gasteiger partial charge is 0.348 e. The number of likely N-dealkylation sites (N-methyl/N-ethyl adjacent to an activating group) is 1. The van der Waals surface area contributed by atoms with Crippen LogP contribution in [0.2, 0.25) is 5.28 Å². The minimum absolute atomic E-state index is 0.218. The number of carbonyl (C=O) groups is 1. The first-order valence-corrected chi connectivity index (χ1v) is 9.85. The third-order valence-electron chi connectivity index (χ3n) is 4.49. The summed E-state index contributed by atoms with van der Waals surface area (Å²) in [5.41, 5.74) is 0.880. The van der Waals surface area contributed by atoms with E-state index in [4.69, 9.17) is 16.3 Å². The number of piperazine rings is 1. The van der Waals surface area contributed by atoms with Crippen LogP contribution in [-0.4, -0.2) is 60.2 Å². The number of rotatable bonds is 5. The maximum atomic E-state index is 12.3. The first-order chi connectivity index (χ1) is 12.0. The Morgan fingerprint density at radius 3 is 2.60 bits per heavy atom. The lowest BCUT2D eigenvalue weighted by Crippen LogP contribution is -2.46. The van der Waals surface area contributed by atoms with Crippen molar-refractivity contribution in [1.29, 1.82) is 0 Å². The number of hydrogen-bond acceptors (Lipinski definition) is 7. The highest BCUT2D eigenvalue weighted by Gasteiger charge is 2.25. The lowest BCUT2D eigenvalue weighted by atomic mass is 10.2. The summed E-state index contributed by atoms with van der Waals surface area (Å²) in [6.07, 6.45) is 0.800. The minimum atomic E-state index is -0.291. The number of aryl methyl sites for hydroxylation is 1. The first kappa shape index (κ1) is 18.4. The molecule has 1 fully saturated rings. The van der Waals surface area contributed by atoms with Gasteiger partial charge in [-0.25, -0.2) is 9.78 Å². The number of hydrogen-bond donors (Lipinski definition) is 0. The van der Waals surface area contributed by atoms with Crippen molar-refractivity contribution >= 4 is 44.9 Å². The molecule has 6 nitrogen and oxygen atoms in total. The quantitative estimate of drug-likeness (QED) is 0.583. The fraction of sp³-hybridized carbons (Fsp3) is 0.588. The number of fused-ring (bicyclic) bond motifs is 1. The van der Waals surface area contributed by atoms with Crippen molar-refractivity contribution in [2.24, 2.45) is 0 Å². The molecule has 2 aromatic rings. The van der Waals surface area contributed by atoms with E-state index >= 15 is 0 Å². The van der Waals surface area contributed by atoms with Gasteiger partial charge in [0, 0.05) is 26.2 Å². The van der Waals surface area contributed by atoms with E-state index in [2.05, 4.69) is 26.7 Å². The van der Waals surface area contributed by atoms with Gasteiger partial charge in [0.25, 0.3) is 0 Å². The van der Waals surface area contributed by atoms with Crippen molar-refractivity contribution in [3.8, 4) is 0 Å². The van der Waals surface area contributed by atoms with Gasteiger partial charge in [-0.05, 0) is 37.1 Å². The molecular formula is C17H23ClN4O2S. The average molecular weight is 383 g/mol. The van der Waals surface area contributed by atoms with Crippen LogP contribution in [0.5, 0.6) is 0 Å². The molecule has 136 valence electrons. The normalized spacial score (nSPS) is 15.8. The number of thiophene rings is 1. The van der Waals surface area contributed by atoms with Gasteiger partial charge in [-0.2, -0.15) is 4.98 Å². The van der Waals surface area contributed by atoms with Gasteiger partial charge in [0.15, 0.2) is 0 Å². The largest absolute Gasteiger partial charge is 0.462 e. The maximum absolute atomic E-state index is 12.3. The molecule has 0 N–H and O–H groups in total. The summed E-state index contributed by atoms with van der Waals surface area (Å²) in [6, 6.07) is 0.